The lowest BCUT2D eigenvalue weighted by molar-refractivity contribution is 0.0501. The summed E-state index contributed by atoms with van der Waals surface area (Å²) in [6, 6.07) is 18.7. The molecule has 5 fully saturated rings. The summed E-state index contributed by atoms with van der Waals surface area (Å²) in [5.74, 6) is 0.112. The Balaban J connectivity index is 0.000000158. The summed E-state index contributed by atoms with van der Waals surface area (Å²) in [5, 5.41) is 75.8. The third-order valence-electron chi connectivity index (χ3n) is 22.4. The van der Waals surface area contributed by atoms with Gasteiger partial charge in [0.25, 0.3) is 0 Å². The summed E-state index contributed by atoms with van der Waals surface area (Å²) in [7, 11) is -16.4. The maximum Gasteiger partial charge on any atom is 0.333 e. The topological polar surface area (TPSA) is 609 Å². The highest BCUT2D eigenvalue weighted by Crippen LogP contribution is 2.38. The number of hydrogen-bond acceptors (Lipinski definition) is 33. The van der Waals surface area contributed by atoms with Crippen LogP contribution in [0.3, 0.4) is 0 Å². The number of hydrogen-bond donors (Lipinski definition) is 10. The Bertz CT molecular complexity index is 6210. The Morgan fingerprint density at radius 3 is 1.52 bits per heavy atom. The molecule has 1 unspecified atom stereocenters. The van der Waals surface area contributed by atoms with Crippen molar-refractivity contribution in [3.05, 3.63) is 236 Å². The molecule has 15 rings (SSSR count). The van der Waals surface area contributed by atoms with Crippen LogP contribution in [0.15, 0.2) is 158 Å². The zero-order chi connectivity index (χ0) is 94.1. The molecule has 49 heteroatoms. The Labute approximate surface area is 771 Å². The van der Waals surface area contributed by atoms with E-state index < -0.39 is 102 Å². The Morgan fingerprint density at radius 2 is 1.00 bits per heavy atom. The lowest BCUT2D eigenvalue weighted by Gasteiger charge is -2.18. The number of ether oxygens (including phenoxy) is 1. The van der Waals surface area contributed by atoms with Crippen LogP contribution in [0, 0.1) is 53.8 Å². The number of benzene rings is 2. The molecule has 700 valence electrons. The van der Waals surface area contributed by atoms with Gasteiger partial charge >= 0.3 is 41.2 Å². The molecule has 0 bridgehead atoms. The van der Waals surface area contributed by atoms with Crippen LogP contribution in [-0.2, 0) is 102 Å². The summed E-state index contributed by atoms with van der Waals surface area (Å²) in [4.78, 5) is 85.1. The summed E-state index contributed by atoms with van der Waals surface area (Å²) in [5.41, 5.74) is 5.68. The molecule has 8 aromatic heterocycles. The first-order valence-electron chi connectivity index (χ1n) is 40.8. The number of rotatable bonds is 35. The van der Waals surface area contributed by atoms with Gasteiger partial charge in [-0.05, 0) is 136 Å². The predicted molar refractivity (Wildman–Crippen MR) is 472 cm³/mol. The molecule has 4 aliphatic carbocycles. The van der Waals surface area contributed by atoms with E-state index >= 15 is 0 Å². The quantitative estimate of drug-likeness (QED) is 0.0194. The first-order valence-corrected chi connectivity index (χ1v) is 48.2. The number of nitrogens with one attached hydrogen (secondary N) is 2. The number of alkyl halides is 1. The predicted octanol–water partition coefficient (Wildman–Crippen LogP) is 4.45. The molecule has 4 saturated carbocycles. The molecule has 0 radical (unpaired) electrons. The van der Waals surface area contributed by atoms with E-state index in [2.05, 4.69) is 99.3 Å². The van der Waals surface area contributed by atoms with Crippen molar-refractivity contribution in [2.45, 2.75) is 133 Å². The Hall–Kier alpha value is -10.2. The van der Waals surface area contributed by atoms with Gasteiger partial charge < -0.3 is 44.9 Å². The fourth-order valence-corrected chi connectivity index (χ4v) is 18.3. The number of aliphatic hydroxyl groups excluding tert-OH is 4. The first kappa shape index (κ1) is 99.9. The van der Waals surface area contributed by atoms with Gasteiger partial charge in [-0.25, -0.2) is 64.8 Å². The number of aromatic nitrogens is 14. The molecule has 9 heterocycles. The lowest BCUT2D eigenvalue weighted by atomic mass is 9.95. The molecule has 0 amide bonds. The van der Waals surface area contributed by atoms with E-state index in [0.717, 1.165) is 28.6 Å². The fraction of sp³-hybridized carbons (Fsp3) is 0.415. The smallest absolute Gasteiger partial charge is 0.333 e. The van der Waals surface area contributed by atoms with Crippen LogP contribution in [0.1, 0.15) is 138 Å². The van der Waals surface area contributed by atoms with E-state index in [1.807, 2.05) is 41.1 Å². The second kappa shape index (κ2) is 45.1. The van der Waals surface area contributed by atoms with Crippen LogP contribution in [0.4, 0.5) is 16.0 Å². The van der Waals surface area contributed by atoms with Crippen molar-refractivity contribution in [3.8, 4) is 12.3 Å². The maximum atomic E-state index is 14.8. The van der Waals surface area contributed by atoms with Crippen LogP contribution < -0.4 is 31.2 Å². The second-order valence-electron chi connectivity index (χ2n) is 32.1. The summed E-state index contributed by atoms with van der Waals surface area (Å²) in [6.45, 7) is 2.44. The summed E-state index contributed by atoms with van der Waals surface area (Å²) in [6.07, 6.45) is 25.8. The summed E-state index contributed by atoms with van der Waals surface area (Å²) < 4.78 is 135. The van der Waals surface area contributed by atoms with E-state index in [0.29, 0.717) is 133 Å². The van der Waals surface area contributed by atoms with Crippen LogP contribution in [0.5, 0.6) is 0 Å². The normalized spacial score (nSPS) is 22.5. The van der Waals surface area contributed by atoms with Crippen molar-refractivity contribution in [2.24, 2.45) is 62.0 Å². The van der Waals surface area contributed by atoms with Gasteiger partial charge in [-0.1, -0.05) is 63.3 Å². The van der Waals surface area contributed by atoms with E-state index in [1.54, 1.807) is 76.6 Å². The zero-order valence-corrected chi connectivity index (χ0v) is 76.0. The number of ketones is 4. The second-order valence-corrected chi connectivity index (χ2v) is 38.7. The van der Waals surface area contributed by atoms with Crippen molar-refractivity contribution in [1.29, 1.82) is 0 Å². The van der Waals surface area contributed by atoms with Crippen LogP contribution in [0.2, 0.25) is 10.0 Å². The molecule has 14 N–H and O–H groups in total. The van der Waals surface area contributed by atoms with Crippen LogP contribution in [0.25, 0.3) is 0 Å². The molecule has 0 spiro atoms. The van der Waals surface area contributed by atoms with Crippen molar-refractivity contribution in [1.82, 2.24) is 68.6 Å². The van der Waals surface area contributed by atoms with E-state index in [1.165, 1.54) is 54.8 Å². The number of nitrogens with two attached hydrogens (primary N) is 4. The van der Waals surface area contributed by atoms with Crippen LogP contribution in [-0.4, -0.2) is 228 Å². The Morgan fingerprint density at radius 1 is 0.534 bits per heavy atom. The molecule has 10 aromatic rings. The van der Waals surface area contributed by atoms with Gasteiger partial charge in [0.15, 0.2) is 11.6 Å². The highest BCUT2D eigenvalue weighted by atomic mass is 79.9. The third kappa shape index (κ3) is 29.2. The van der Waals surface area contributed by atoms with Crippen LogP contribution >= 0.6 is 39.1 Å². The van der Waals surface area contributed by atoms with Gasteiger partial charge in [-0.3, -0.25) is 45.3 Å². The molecule has 1 saturated heterocycles. The van der Waals surface area contributed by atoms with Crippen molar-refractivity contribution in [3.63, 3.8) is 0 Å². The largest absolute Gasteiger partial charge is 0.393 e. The average Bonchev–Trinajstić information content (AvgIpc) is 1.70. The standard InChI is InChI=1S/C23H25BrN4O5S.C22H22Cl2FN5O5S.C19H26N6O6S.C18H21N5O5S/c24-19-3-1-2-15(7-19)11-28-5-4-17(12-28)23(30)20-10-26-14-27-21(20)8-16-6-18(22(29)9-16)13-33-34(25,31)32;23-16-2-1-12(5-17(16)24)8-30-4-3-13(9-30)20(31)15-7-27-11-28-22(15)29-18-6-14(21(32)19(18)25)10-35-36(26,33)34;20-32(28,29)31-10-13-5-14(6-17(13)26)23-19-15(7-21-11-22-19)18(27)16-1-3-25(24-16)8-12-2-4-30-9-12;1-2-4-23-5-3-15(22-23)18(25)14-9-20-11-21-16(14)7-12-6-13(17(24)8-12)10-28-29(19,26)27/h1-5,7,10,12,14,16,18,22,29H,6,8-9,11,13H2,(H2,25,31,32);1-5,7,9,11,14,18-19,21,32H,6,8,10H2,(H2,26,33,34)(H,27,28,29);1,3,7,11-14,17,26H,2,4-6,8-10H2,(H2,20,28,29)(H,21,22,23);1,3,5,9,11-13,17,24H,4,6-8,10H2,(H2,19,26,27)/t16-,18+,22-;14-,18-,19-,21-;12?,13-,14-,17+;12-,13+,17-/m0110/s1. The number of carbonyl (C=O) groups is 4. The monoisotopic (exact) mass is 1990 g/mol. The first-order chi connectivity index (χ1) is 62.2. The number of terminal acetylenes is 1. The lowest BCUT2D eigenvalue weighted by Crippen LogP contribution is -2.33. The van der Waals surface area contributed by atoms with Gasteiger partial charge in [0.05, 0.1) is 107 Å². The highest BCUT2D eigenvalue weighted by molar-refractivity contribution is 9.10. The van der Waals surface area contributed by atoms with Gasteiger partial charge in [0.1, 0.15) is 61.0 Å². The maximum absolute atomic E-state index is 14.8. The zero-order valence-electron chi connectivity index (χ0n) is 69.7. The minimum absolute atomic E-state index is 0.000439. The minimum atomic E-state index is -4.23. The van der Waals surface area contributed by atoms with Gasteiger partial charge in [0, 0.05) is 139 Å². The van der Waals surface area contributed by atoms with Gasteiger partial charge in [0.2, 0.25) is 11.6 Å². The molecular formula is C82H94BrCl2FN20O21S4. The molecule has 5 aliphatic rings. The molecule has 1 aliphatic heterocycles. The number of halogens is 4. The van der Waals surface area contributed by atoms with E-state index in [4.69, 9.17) is 54.9 Å². The Kier molecular flexibility index (Phi) is 34.3. The summed E-state index contributed by atoms with van der Waals surface area (Å²) >= 11 is 15.5. The molecule has 14 atom stereocenters. The number of carbonyl (C=O) groups excluding carboxylic acids is 4. The molecular weight excluding hydrogens is 1900 g/mol. The van der Waals surface area contributed by atoms with Crippen molar-refractivity contribution >= 4 is 115 Å². The number of nitrogens with zero attached hydrogens (tertiary/aromatic N) is 14. The molecule has 131 heavy (non-hydrogen) atoms. The number of anilines is 2. The SMILES string of the molecule is C#CCn1ccc(C(=O)c2cncnc2C[C@@H]2C[C@H](COS(N)(=O)=O)[C@@H](O)C2)n1.NS(=O)(=O)OC[C@H]1C[C@@H](Cc2ncncc2C(=O)c2ccn(Cc3cccc(Br)c3)c2)C[C@@H]1O.NS(=O)(=O)OC[C@H]1C[C@@H](Nc2ncncc2C(=O)c2ccn(CC3CCOC3)n2)C[C@@H]1O.NS(=O)(=O)OC[C@H]1C[C@@H](Nc2ncncc2C(=O)c2ccn(Cc3ccc(Cl)c(Cl)c3)c2)[C@@H](F)[C@@H]1O. The highest BCUT2D eigenvalue weighted by Gasteiger charge is 2.45. The van der Waals surface area contributed by atoms with Crippen molar-refractivity contribution < 1.29 is 99.1 Å². The third-order valence-corrected chi connectivity index (χ3v) is 25.5. The number of aliphatic hydroxyl groups is 4. The fourth-order valence-electron chi connectivity index (χ4n) is 16.1. The average molecular weight is 1990 g/mol. The van der Waals surface area contributed by atoms with Gasteiger partial charge in [-0.2, -0.15) is 43.9 Å². The van der Waals surface area contributed by atoms with E-state index in [9.17, 15) is 77.7 Å². The minimum Gasteiger partial charge on any atom is -0.393 e. The van der Waals surface area contributed by atoms with Crippen molar-refractivity contribution in [2.75, 3.05) is 50.3 Å². The van der Waals surface area contributed by atoms with Gasteiger partial charge in [-0.15, -0.1) is 6.42 Å². The molecule has 2 aromatic carbocycles. The van der Waals surface area contributed by atoms with E-state index in [-0.39, 0.29) is 108 Å². The molecule has 41 nitrogen and oxygen atoms in total.